The number of carbonyl (C=O) groups is 2. The van der Waals surface area contributed by atoms with Crippen LogP contribution in [-0.4, -0.2) is 28.9 Å². The molecule has 2 saturated heterocycles. The Hall–Kier alpha value is -1.03. The number of rotatable bonds is 4. The summed E-state index contributed by atoms with van der Waals surface area (Å²) in [6.45, 7) is 1.87. The van der Waals surface area contributed by atoms with Crippen LogP contribution < -0.4 is 5.32 Å². The van der Waals surface area contributed by atoms with Crippen LogP contribution >= 0.6 is 11.6 Å². The molecule has 0 aromatic rings. The Labute approximate surface area is 123 Å². The second-order valence-corrected chi connectivity index (χ2v) is 6.62. The lowest BCUT2D eigenvalue weighted by atomic mass is 9.66. The molecule has 1 unspecified atom stereocenters. The van der Waals surface area contributed by atoms with Gasteiger partial charge in [-0.1, -0.05) is 12.2 Å². The van der Waals surface area contributed by atoms with Crippen molar-refractivity contribution in [2.75, 3.05) is 5.88 Å². The van der Waals surface area contributed by atoms with Crippen LogP contribution in [-0.2, 0) is 14.3 Å². The number of carbonyl (C=O) groups excluding carboxylic acids is 2. The topological polar surface area (TPSA) is 55.4 Å². The molecule has 5 heteroatoms. The Kier molecular flexibility index (Phi) is 3.32. The maximum absolute atomic E-state index is 12.2. The Morgan fingerprint density at radius 3 is 2.90 bits per heavy atom. The van der Waals surface area contributed by atoms with Crippen LogP contribution in [0.5, 0.6) is 0 Å². The van der Waals surface area contributed by atoms with Crippen molar-refractivity contribution < 1.29 is 14.3 Å². The fraction of sp³-hybridized carbons (Fsp3) is 0.733. The number of alkyl halides is 1. The first kappa shape index (κ1) is 13.9. The van der Waals surface area contributed by atoms with Gasteiger partial charge in [0.25, 0.3) is 0 Å². The summed E-state index contributed by atoms with van der Waals surface area (Å²) in [5, 5.41) is 2.93. The van der Waals surface area contributed by atoms with E-state index in [-0.39, 0.29) is 17.8 Å². The summed E-state index contributed by atoms with van der Waals surface area (Å²) >= 11 is 5.79. The number of esters is 1. The highest BCUT2D eigenvalue weighted by Gasteiger charge is 2.75. The molecule has 2 heterocycles. The summed E-state index contributed by atoms with van der Waals surface area (Å²) in [7, 11) is 0. The van der Waals surface area contributed by atoms with Gasteiger partial charge in [0, 0.05) is 5.88 Å². The Bertz CT molecular complexity index is 478. The molecule has 0 aromatic carbocycles. The number of hydrogen-bond donors (Lipinski definition) is 1. The third-order valence-electron chi connectivity index (χ3n) is 5.14. The molecule has 3 rings (SSSR count). The van der Waals surface area contributed by atoms with E-state index in [2.05, 4.69) is 17.5 Å². The average Bonchev–Trinajstić information content (AvgIpc) is 2.59. The van der Waals surface area contributed by atoms with E-state index in [9.17, 15) is 9.59 Å². The monoisotopic (exact) mass is 297 g/mol. The van der Waals surface area contributed by atoms with Crippen molar-refractivity contribution in [3.63, 3.8) is 0 Å². The zero-order chi connectivity index (χ0) is 14.4. The lowest BCUT2D eigenvalue weighted by Crippen LogP contribution is -2.74. The molecule has 4 nitrogen and oxygen atoms in total. The van der Waals surface area contributed by atoms with Gasteiger partial charge in [-0.3, -0.25) is 4.79 Å². The van der Waals surface area contributed by atoms with Crippen molar-refractivity contribution in [1.82, 2.24) is 5.32 Å². The van der Waals surface area contributed by atoms with Crippen LogP contribution in [0.2, 0.25) is 0 Å². The van der Waals surface area contributed by atoms with E-state index in [0.717, 1.165) is 19.3 Å². The Morgan fingerprint density at radius 2 is 2.30 bits per heavy atom. The summed E-state index contributed by atoms with van der Waals surface area (Å²) in [4.78, 5) is 24.3. The summed E-state index contributed by atoms with van der Waals surface area (Å²) < 4.78 is 5.43. The van der Waals surface area contributed by atoms with E-state index in [1.807, 2.05) is 6.92 Å². The standard InChI is InChI=1S/C15H20ClNO3/c1-14-11(7-8-16)12(18)17-15(14,13(19)20-14)9-10-5-3-2-4-6-10/h3,5,10-11H,2,4,6-9H2,1H3,(H,17,18)/t10?,11-,14-,15-/m0/s1. The zero-order valence-corrected chi connectivity index (χ0v) is 12.4. The number of amides is 1. The van der Waals surface area contributed by atoms with Crippen molar-refractivity contribution in [3.05, 3.63) is 12.2 Å². The van der Waals surface area contributed by atoms with Gasteiger partial charge in [0.05, 0.1) is 5.92 Å². The largest absolute Gasteiger partial charge is 0.453 e. The Morgan fingerprint density at radius 1 is 1.50 bits per heavy atom. The highest BCUT2D eigenvalue weighted by Crippen LogP contribution is 2.53. The van der Waals surface area contributed by atoms with Gasteiger partial charge in [0.1, 0.15) is 0 Å². The minimum absolute atomic E-state index is 0.0983. The molecule has 2 aliphatic heterocycles. The molecular formula is C15H20ClNO3. The molecule has 2 fully saturated rings. The molecule has 0 spiro atoms. The fourth-order valence-corrected chi connectivity index (χ4v) is 4.13. The maximum Gasteiger partial charge on any atom is 0.336 e. The van der Waals surface area contributed by atoms with Crippen LogP contribution in [0.15, 0.2) is 12.2 Å². The molecule has 1 aliphatic carbocycles. The summed E-state index contributed by atoms with van der Waals surface area (Å²) in [5.41, 5.74) is -1.57. The molecule has 110 valence electrons. The molecule has 4 atom stereocenters. The van der Waals surface area contributed by atoms with E-state index in [4.69, 9.17) is 16.3 Å². The molecule has 0 saturated carbocycles. The number of ether oxygens (including phenoxy) is 1. The molecule has 1 N–H and O–H groups in total. The van der Waals surface area contributed by atoms with Crippen LogP contribution in [0.3, 0.4) is 0 Å². The van der Waals surface area contributed by atoms with Gasteiger partial charge in [-0.15, -0.1) is 11.6 Å². The van der Waals surface area contributed by atoms with Gasteiger partial charge in [-0.2, -0.15) is 0 Å². The van der Waals surface area contributed by atoms with Crippen molar-refractivity contribution in [1.29, 1.82) is 0 Å². The van der Waals surface area contributed by atoms with Gasteiger partial charge in [-0.05, 0) is 44.9 Å². The highest BCUT2D eigenvalue weighted by atomic mass is 35.5. The summed E-state index contributed by atoms with van der Waals surface area (Å²) in [5.74, 6) is 0.0180. The van der Waals surface area contributed by atoms with Crippen molar-refractivity contribution in [3.8, 4) is 0 Å². The predicted molar refractivity (Wildman–Crippen MR) is 75.3 cm³/mol. The normalized spacial score (nSPS) is 42.7. The smallest absolute Gasteiger partial charge is 0.336 e. The SMILES string of the molecule is C[C@@]12OC(=O)[C@]1(CC1C=CCCC1)NC(=O)[C@@H]2CCCl. The predicted octanol–water partition coefficient (Wildman–Crippen LogP) is 2.16. The van der Waals surface area contributed by atoms with Crippen molar-refractivity contribution in [2.24, 2.45) is 11.8 Å². The first-order valence-electron chi connectivity index (χ1n) is 7.31. The van der Waals surface area contributed by atoms with Crippen LogP contribution in [0.4, 0.5) is 0 Å². The number of halogens is 1. The average molecular weight is 298 g/mol. The van der Waals surface area contributed by atoms with Gasteiger partial charge in [0.15, 0.2) is 11.1 Å². The zero-order valence-electron chi connectivity index (χ0n) is 11.7. The van der Waals surface area contributed by atoms with E-state index < -0.39 is 11.1 Å². The maximum atomic E-state index is 12.2. The lowest BCUT2D eigenvalue weighted by molar-refractivity contribution is -0.222. The van der Waals surface area contributed by atoms with Crippen molar-refractivity contribution >= 4 is 23.5 Å². The quantitative estimate of drug-likeness (QED) is 0.491. The Balaban J connectivity index is 1.86. The second-order valence-electron chi connectivity index (χ2n) is 6.24. The van der Waals surface area contributed by atoms with Crippen LogP contribution in [0.25, 0.3) is 0 Å². The first-order valence-corrected chi connectivity index (χ1v) is 7.85. The first-order chi connectivity index (χ1) is 9.53. The summed E-state index contributed by atoms with van der Waals surface area (Å²) in [6, 6.07) is 0. The third-order valence-corrected chi connectivity index (χ3v) is 5.36. The van der Waals surface area contributed by atoms with Gasteiger partial charge >= 0.3 is 5.97 Å². The fourth-order valence-electron chi connectivity index (χ4n) is 3.91. The molecule has 20 heavy (non-hydrogen) atoms. The second kappa shape index (κ2) is 4.76. The molecule has 0 bridgehead atoms. The molecule has 0 aromatic heterocycles. The molecule has 3 aliphatic rings. The van der Waals surface area contributed by atoms with E-state index >= 15 is 0 Å². The number of fused-ring (bicyclic) bond motifs is 1. The minimum atomic E-state index is -0.840. The molecule has 0 radical (unpaired) electrons. The summed E-state index contributed by atoms with van der Waals surface area (Å²) in [6.07, 6.45) is 8.83. The highest BCUT2D eigenvalue weighted by molar-refractivity contribution is 6.18. The van der Waals surface area contributed by atoms with Crippen molar-refractivity contribution in [2.45, 2.75) is 50.2 Å². The van der Waals surface area contributed by atoms with Gasteiger partial charge < -0.3 is 10.1 Å². The molecular weight excluding hydrogens is 278 g/mol. The van der Waals surface area contributed by atoms with Gasteiger partial charge in [-0.25, -0.2) is 4.79 Å². The van der Waals surface area contributed by atoms with E-state index in [1.54, 1.807) is 0 Å². The lowest BCUT2D eigenvalue weighted by Gasteiger charge is -2.52. The number of nitrogens with one attached hydrogen (secondary N) is 1. The minimum Gasteiger partial charge on any atom is -0.453 e. The van der Waals surface area contributed by atoms with Gasteiger partial charge in [0.2, 0.25) is 5.91 Å². The molecule has 1 amide bonds. The van der Waals surface area contributed by atoms with E-state index in [1.165, 1.54) is 0 Å². The number of allylic oxidation sites excluding steroid dienone is 2. The van der Waals surface area contributed by atoms with Crippen LogP contribution in [0, 0.1) is 11.8 Å². The van der Waals surface area contributed by atoms with Crippen LogP contribution in [0.1, 0.15) is 39.0 Å². The third kappa shape index (κ3) is 1.73. The number of hydrogen-bond acceptors (Lipinski definition) is 3. The van der Waals surface area contributed by atoms with E-state index in [0.29, 0.717) is 24.6 Å².